The fraction of sp³-hybridized carbons (Fsp3) is 0.222. The van der Waals surface area contributed by atoms with E-state index in [0.717, 1.165) is 11.0 Å². The van der Waals surface area contributed by atoms with Gasteiger partial charge in [0.15, 0.2) is 0 Å². The highest BCUT2D eigenvalue weighted by molar-refractivity contribution is 6.00. The molecule has 0 spiro atoms. The van der Waals surface area contributed by atoms with Gasteiger partial charge in [0.2, 0.25) is 11.8 Å². The fourth-order valence-electron chi connectivity index (χ4n) is 2.47. The van der Waals surface area contributed by atoms with Crippen LogP contribution in [0.3, 0.4) is 0 Å². The van der Waals surface area contributed by atoms with E-state index in [1.807, 2.05) is 38.4 Å². The smallest absolute Gasteiger partial charge is 0.248 e. The van der Waals surface area contributed by atoms with Crippen LogP contribution in [0.15, 0.2) is 48.5 Å². The Hall–Kier alpha value is -3.26. The summed E-state index contributed by atoms with van der Waals surface area (Å²) in [5.74, 6) is -0.434. The second-order valence-corrected chi connectivity index (χ2v) is 6.10. The summed E-state index contributed by atoms with van der Waals surface area (Å²) in [4.78, 5) is 27.4. The van der Waals surface area contributed by atoms with E-state index >= 15 is 0 Å². The summed E-state index contributed by atoms with van der Waals surface area (Å²) in [6, 6.07) is 14.5. The predicted octanol–water partition coefficient (Wildman–Crippen LogP) is 1.57. The van der Waals surface area contributed by atoms with Gasteiger partial charge in [0, 0.05) is 0 Å². The summed E-state index contributed by atoms with van der Waals surface area (Å²) in [6.45, 7) is 0.237. The average molecular weight is 352 g/mol. The molecule has 2 N–H and O–H groups in total. The third-order valence-corrected chi connectivity index (χ3v) is 3.55. The highest BCUT2D eigenvalue weighted by Crippen LogP contribution is 2.21. The minimum absolute atomic E-state index is 0.0192. The van der Waals surface area contributed by atoms with Gasteiger partial charge in [-0.2, -0.15) is 15.0 Å². The van der Waals surface area contributed by atoms with Gasteiger partial charge in [-0.05, 0) is 38.4 Å². The van der Waals surface area contributed by atoms with E-state index in [0.29, 0.717) is 11.4 Å². The Morgan fingerprint density at radius 2 is 1.38 bits per heavy atom. The SMILES string of the molecule is CN(C)CC(=O)Nc1ccccc1NC(=O)Cn1nc2ccccc2n1. The van der Waals surface area contributed by atoms with Gasteiger partial charge in [0.1, 0.15) is 17.6 Å². The molecule has 1 heterocycles. The van der Waals surface area contributed by atoms with E-state index in [4.69, 9.17) is 0 Å². The zero-order chi connectivity index (χ0) is 18.5. The molecule has 0 unspecified atom stereocenters. The molecular formula is C18H20N6O2. The lowest BCUT2D eigenvalue weighted by Crippen LogP contribution is -2.28. The minimum Gasteiger partial charge on any atom is -0.323 e. The van der Waals surface area contributed by atoms with Gasteiger partial charge < -0.3 is 15.5 Å². The number of rotatable bonds is 6. The van der Waals surface area contributed by atoms with E-state index in [2.05, 4.69) is 20.8 Å². The molecule has 0 aliphatic heterocycles. The maximum atomic E-state index is 12.3. The van der Waals surface area contributed by atoms with Gasteiger partial charge in [0.05, 0.1) is 17.9 Å². The van der Waals surface area contributed by atoms with Crippen LogP contribution in [0.2, 0.25) is 0 Å². The van der Waals surface area contributed by atoms with Crippen LogP contribution in [0, 0.1) is 0 Å². The van der Waals surface area contributed by atoms with E-state index in [1.165, 1.54) is 4.80 Å². The standard InChI is InChI=1S/C18H20N6O2/c1-23(2)11-17(25)19-13-7-3-4-8-14(13)20-18(26)12-24-21-15-9-5-6-10-16(15)22-24/h3-10H,11-12H2,1-2H3,(H,19,25)(H,20,26). The first-order valence-corrected chi connectivity index (χ1v) is 8.14. The molecule has 0 saturated carbocycles. The molecule has 2 aromatic carbocycles. The molecule has 0 atom stereocenters. The Morgan fingerprint density at radius 3 is 1.92 bits per heavy atom. The molecule has 1 aromatic heterocycles. The number of likely N-dealkylation sites (N-methyl/N-ethyl adjacent to an activating group) is 1. The Kier molecular flexibility index (Phi) is 5.23. The van der Waals surface area contributed by atoms with Crippen molar-refractivity contribution < 1.29 is 9.59 Å². The number of fused-ring (bicyclic) bond motifs is 1. The molecule has 0 aliphatic carbocycles. The minimum atomic E-state index is -0.278. The number of hydrogen-bond acceptors (Lipinski definition) is 5. The molecule has 8 heteroatoms. The van der Waals surface area contributed by atoms with Crippen molar-refractivity contribution in [2.45, 2.75) is 6.54 Å². The van der Waals surface area contributed by atoms with Gasteiger partial charge in [-0.15, -0.1) is 0 Å². The number of carbonyl (C=O) groups is 2. The second-order valence-electron chi connectivity index (χ2n) is 6.10. The molecule has 0 bridgehead atoms. The first kappa shape index (κ1) is 17.6. The van der Waals surface area contributed by atoms with Crippen LogP contribution in [0.25, 0.3) is 11.0 Å². The van der Waals surface area contributed by atoms with Crippen LogP contribution in [0.1, 0.15) is 0 Å². The number of nitrogens with zero attached hydrogens (tertiary/aromatic N) is 4. The summed E-state index contributed by atoms with van der Waals surface area (Å²) in [5, 5.41) is 14.1. The number of aromatic nitrogens is 3. The van der Waals surface area contributed by atoms with Crippen molar-refractivity contribution in [1.82, 2.24) is 19.9 Å². The lowest BCUT2D eigenvalue weighted by Gasteiger charge is -2.14. The monoisotopic (exact) mass is 352 g/mol. The predicted molar refractivity (Wildman–Crippen MR) is 99.8 cm³/mol. The largest absolute Gasteiger partial charge is 0.323 e. The summed E-state index contributed by atoms with van der Waals surface area (Å²) in [6.07, 6.45) is 0. The molecule has 2 amide bonds. The van der Waals surface area contributed by atoms with Crippen LogP contribution in [-0.2, 0) is 16.1 Å². The molecule has 0 radical (unpaired) electrons. The molecule has 3 rings (SSSR count). The highest BCUT2D eigenvalue weighted by Gasteiger charge is 2.11. The topological polar surface area (TPSA) is 92.2 Å². The Balaban J connectivity index is 1.68. The molecule has 0 aliphatic rings. The molecular weight excluding hydrogens is 332 g/mol. The lowest BCUT2D eigenvalue weighted by atomic mass is 10.2. The Labute approximate surface area is 150 Å². The van der Waals surface area contributed by atoms with E-state index in [-0.39, 0.29) is 24.9 Å². The van der Waals surface area contributed by atoms with Crippen LogP contribution < -0.4 is 10.6 Å². The maximum Gasteiger partial charge on any atom is 0.248 e. The first-order valence-electron chi connectivity index (χ1n) is 8.14. The zero-order valence-electron chi connectivity index (χ0n) is 14.6. The number of nitrogens with one attached hydrogen (secondary N) is 2. The normalized spacial score (nSPS) is 10.9. The van der Waals surface area contributed by atoms with Crippen molar-refractivity contribution in [3.8, 4) is 0 Å². The fourth-order valence-corrected chi connectivity index (χ4v) is 2.47. The average Bonchev–Trinajstić information content (AvgIpc) is 2.97. The van der Waals surface area contributed by atoms with Crippen molar-refractivity contribution >= 4 is 34.2 Å². The third-order valence-electron chi connectivity index (χ3n) is 3.55. The number of carbonyl (C=O) groups excluding carboxylic acids is 2. The molecule has 26 heavy (non-hydrogen) atoms. The number of anilines is 2. The van der Waals surface area contributed by atoms with Gasteiger partial charge in [0.25, 0.3) is 0 Å². The molecule has 3 aromatic rings. The van der Waals surface area contributed by atoms with Crippen molar-refractivity contribution in [2.24, 2.45) is 0 Å². The van der Waals surface area contributed by atoms with Gasteiger partial charge in [-0.3, -0.25) is 9.59 Å². The molecule has 0 saturated heterocycles. The number of para-hydroxylation sites is 2. The van der Waals surface area contributed by atoms with E-state index < -0.39 is 0 Å². The molecule has 134 valence electrons. The van der Waals surface area contributed by atoms with Crippen LogP contribution in [-0.4, -0.2) is 52.3 Å². The number of hydrogen-bond donors (Lipinski definition) is 2. The molecule has 0 fully saturated rings. The second kappa shape index (κ2) is 7.75. The van der Waals surface area contributed by atoms with Gasteiger partial charge in [-0.1, -0.05) is 24.3 Å². The lowest BCUT2D eigenvalue weighted by molar-refractivity contribution is -0.118. The first-order chi connectivity index (χ1) is 12.5. The number of benzene rings is 2. The zero-order valence-corrected chi connectivity index (χ0v) is 14.6. The van der Waals surface area contributed by atoms with Crippen molar-refractivity contribution in [3.05, 3.63) is 48.5 Å². The van der Waals surface area contributed by atoms with Gasteiger partial charge in [-0.25, -0.2) is 0 Å². The number of amides is 2. The van der Waals surface area contributed by atoms with E-state index in [9.17, 15) is 9.59 Å². The van der Waals surface area contributed by atoms with Crippen LogP contribution in [0.5, 0.6) is 0 Å². The summed E-state index contributed by atoms with van der Waals surface area (Å²) < 4.78 is 0. The van der Waals surface area contributed by atoms with Crippen molar-refractivity contribution in [1.29, 1.82) is 0 Å². The van der Waals surface area contributed by atoms with Crippen molar-refractivity contribution in [3.63, 3.8) is 0 Å². The third kappa shape index (κ3) is 4.42. The summed E-state index contributed by atoms with van der Waals surface area (Å²) in [7, 11) is 3.63. The maximum absolute atomic E-state index is 12.3. The Bertz CT molecular complexity index is 901. The summed E-state index contributed by atoms with van der Waals surface area (Å²) in [5.41, 5.74) is 2.54. The van der Waals surface area contributed by atoms with Crippen molar-refractivity contribution in [2.75, 3.05) is 31.3 Å². The quantitative estimate of drug-likeness (QED) is 0.703. The van der Waals surface area contributed by atoms with Crippen LogP contribution in [0.4, 0.5) is 11.4 Å². The highest BCUT2D eigenvalue weighted by atomic mass is 16.2. The summed E-state index contributed by atoms with van der Waals surface area (Å²) >= 11 is 0. The Morgan fingerprint density at radius 1 is 0.885 bits per heavy atom. The van der Waals surface area contributed by atoms with Gasteiger partial charge >= 0.3 is 0 Å². The van der Waals surface area contributed by atoms with E-state index in [1.54, 1.807) is 29.2 Å². The van der Waals surface area contributed by atoms with Crippen LogP contribution >= 0.6 is 0 Å². The molecule has 8 nitrogen and oxygen atoms in total.